The number of thioether (sulfide) groups is 1. The van der Waals surface area contributed by atoms with E-state index in [1.807, 2.05) is 58.0 Å². The van der Waals surface area contributed by atoms with Crippen LogP contribution in [0.25, 0.3) is 6.08 Å². The first-order valence-corrected chi connectivity index (χ1v) is 11.3. The van der Waals surface area contributed by atoms with Crippen LogP contribution in [0, 0.1) is 13.8 Å². The molecule has 1 aliphatic heterocycles. The Balaban J connectivity index is 1.71. The molecule has 1 heterocycles. The average molecular weight is 503 g/mol. The smallest absolute Gasteiger partial charge is 0.294 e. The zero-order valence-electron chi connectivity index (χ0n) is 17.7. The molecule has 3 amide bonds. The van der Waals surface area contributed by atoms with Gasteiger partial charge in [-0.1, -0.05) is 18.2 Å². The average Bonchev–Trinajstić information content (AvgIpc) is 2.94. The van der Waals surface area contributed by atoms with Gasteiger partial charge in [-0.3, -0.25) is 19.3 Å². The second kappa shape index (κ2) is 9.70. The molecule has 0 spiro atoms. The molecule has 1 fully saturated rings. The fourth-order valence-electron chi connectivity index (χ4n) is 2.95. The van der Waals surface area contributed by atoms with Crippen LogP contribution in [-0.2, 0) is 9.59 Å². The van der Waals surface area contributed by atoms with Crippen molar-refractivity contribution in [1.29, 1.82) is 0 Å². The number of benzene rings is 2. The van der Waals surface area contributed by atoms with Crippen molar-refractivity contribution in [1.82, 2.24) is 4.90 Å². The summed E-state index contributed by atoms with van der Waals surface area (Å²) < 4.78 is 6.44. The second-order valence-corrected chi connectivity index (χ2v) is 9.34. The molecule has 2 aromatic carbocycles. The standard InChI is InChI=1S/C23H23BrN2O4S/c1-13(2)30-19-8-7-16(10-17(19)24)11-20-22(28)26(23(29)31-20)12-21(27)25-18-9-14(3)5-6-15(18)4/h5-11,13H,12H2,1-4H3,(H,25,27)/b20-11-. The molecule has 0 bridgehead atoms. The van der Waals surface area contributed by atoms with E-state index in [-0.39, 0.29) is 17.6 Å². The van der Waals surface area contributed by atoms with Crippen LogP contribution in [0.3, 0.4) is 0 Å². The maximum Gasteiger partial charge on any atom is 0.294 e. The summed E-state index contributed by atoms with van der Waals surface area (Å²) in [5, 5.41) is 2.31. The van der Waals surface area contributed by atoms with Crippen molar-refractivity contribution in [3.8, 4) is 5.75 Å². The molecular weight excluding hydrogens is 480 g/mol. The van der Waals surface area contributed by atoms with Crippen molar-refractivity contribution < 1.29 is 19.1 Å². The van der Waals surface area contributed by atoms with Crippen LogP contribution in [0.1, 0.15) is 30.5 Å². The topological polar surface area (TPSA) is 75.7 Å². The quantitative estimate of drug-likeness (QED) is 0.525. The normalized spacial score (nSPS) is 15.2. The van der Waals surface area contributed by atoms with Crippen molar-refractivity contribution >= 4 is 56.5 Å². The molecule has 1 aliphatic rings. The molecule has 0 aliphatic carbocycles. The van der Waals surface area contributed by atoms with Gasteiger partial charge < -0.3 is 10.1 Å². The van der Waals surface area contributed by atoms with Gasteiger partial charge in [0.1, 0.15) is 12.3 Å². The third-order valence-corrected chi connectivity index (χ3v) is 5.99. The van der Waals surface area contributed by atoms with E-state index in [9.17, 15) is 14.4 Å². The van der Waals surface area contributed by atoms with E-state index in [4.69, 9.17) is 4.74 Å². The first-order chi connectivity index (χ1) is 14.6. The Kier molecular flexibility index (Phi) is 7.23. The van der Waals surface area contributed by atoms with Gasteiger partial charge in [-0.05, 0) is 96.4 Å². The molecule has 0 aromatic heterocycles. The summed E-state index contributed by atoms with van der Waals surface area (Å²) in [6.07, 6.45) is 1.67. The third kappa shape index (κ3) is 5.77. The van der Waals surface area contributed by atoms with Crippen molar-refractivity contribution in [3.05, 3.63) is 62.5 Å². The van der Waals surface area contributed by atoms with Gasteiger partial charge in [0.25, 0.3) is 11.1 Å². The van der Waals surface area contributed by atoms with Gasteiger partial charge >= 0.3 is 0 Å². The van der Waals surface area contributed by atoms with Crippen LogP contribution < -0.4 is 10.1 Å². The molecule has 2 aromatic rings. The summed E-state index contributed by atoms with van der Waals surface area (Å²) in [6.45, 7) is 7.35. The predicted octanol–water partition coefficient (Wildman–Crippen LogP) is 5.53. The van der Waals surface area contributed by atoms with Crippen LogP contribution >= 0.6 is 27.7 Å². The molecule has 6 nitrogen and oxygen atoms in total. The zero-order valence-corrected chi connectivity index (χ0v) is 20.1. The van der Waals surface area contributed by atoms with Crippen molar-refractivity contribution in [2.75, 3.05) is 11.9 Å². The number of aryl methyl sites for hydroxylation is 2. The summed E-state index contributed by atoms with van der Waals surface area (Å²) >= 11 is 4.29. The molecule has 3 rings (SSSR count). The summed E-state index contributed by atoms with van der Waals surface area (Å²) in [5.74, 6) is -0.205. The van der Waals surface area contributed by atoms with E-state index in [0.717, 1.165) is 37.8 Å². The lowest BCUT2D eigenvalue weighted by Gasteiger charge is -2.14. The number of halogens is 1. The van der Waals surface area contributed by atoms with E-state index in [1.165, 1.54) is 0 Å². The van der Waals surface area contributed by atoms with Crippen molar-refractivity contribution in [2.24, 2.45) is 0 Å². The number of anilines is 1. The van der Waals surface area contributed by atoms with E-state index in [0.29, 0.717) is 11.4 Å². The number of imide groups is 1. The van der Waals surface area contributed by atoms with E-state index >= 15 is 0 Å². The minimum absolute atomic E-state index is 0.0355. The minimum Gasteiger partial charge on any atom is -0.490 e. The Morgan fingerprint density at radius 3 is 2.61 bits per heavy atom. The summed E-state index contributed by atoms with van der Waals surface area (Å²) in [5.41, 5.74) is 3.32. The zero-order chi connectivity index (χ0) is 22.7. The lowest BCUT2D eigenvalue weighted by atomic mass is 10.1. The fraction of sp³-hybridized carbons (Fsp3) is 0.261. The van der Waals surface area contributed by atoms with Gasteiger partial charge in [0, 0.05) is 5.69 Å². The highest BCUT2D eigenvalue weighted by Crippen LogP contribution is 2.34. The van der Waals surface area contributed by atoms with Crippen LogP contribution in [0.5, 0.6) is 5.75 Å². The molecule has 0 saturated carbocycles. The van der Waals surface area contributed by atoms with Crippen LogP contribution in [0.15, 0.2) is 45.8 Å². The molecule has 8 heteroatoms. The number of nitrogens with zero attached hydrogens (tertiary/aromatic N) is 1. The van der Waals surface area contributed by atoms with Crippen LogP contribution in [0.2, 0.25) is 0 Å². The number of carbonyl (C=O) groups is 3. The number of amides is 3. The molecule has 1 saturated heterocycles. The number of nitrogens with one attached hydrogen (secondary N) is 1. The molecular formula is C23H23BrN2O4S. The minimum atomic E-state index is -0.482. The Hall–Kier alpha value is -2.58. The molecule has 0 radical (unpaired) electrons. The van der Waals surface area contributed by atoms with Crippen LogP contribution in [-0.4, -0.2) is 34.6 Å². The molecule has 0 unspecified atom stereocenters. The summed E-state index contributed by atoms with van der Waals surface area (Å²) in [6, 6.07) is 11.1. The van der Waals surface area contributed by atoms with Crippen LogP contribution in [0.4, 0.5) is 10.5 Å². The molecule has 162 valence electrons. The number of hydrogen-bond acceptors (Lipinski definition) is 5. The number of rotatable bonds is 6. The number of carbonyl (C=O) groups excluding carboxylic acids is 3. The Labute approximate surface area is 194 Å². The molecule has 0 atom stereocenters. The number of hydrogen-bond donors (Lipinski definition) is 1. The van der Waals surface area contributed by atoms with E-state index in [1.54, 1.807) is 12.1 Å². The molecule has 31 heavy (non-hydrogen) atoms. The summed E-state index contributed by atoms with van der Waals surface area (Å²) in [7, 11) is 0. The van der Waals surface area contributed by atoms with Crippen molar-refractivity contribution in [3.63, 3.8) is 0 Å². The second-order valence-electron chi connectivity index (χ2n) is 7.49. The summed E-state index contributed by atoms with van der Waals surface area (Å²) in [4.78, 5) is 38.8. The van der Waals surface area contributed by atoms with Gasteiger partial charge in [0.15, 0.2) is 0 Å². The predicted molar refractivity (Wildman–Crippen MR) is 127 cm³/mol. The lowest BCUT2D eigenvalue weighted by Crippen LogP contribution is -2.36. The van der Waals surface area contributed by atoms with Crippen molar-refractivity contribution in [2.45, 2.75) is 33.8 Å². The van der Waals surface area contributed by atoms with E-state index < -0.39 is 17.1 Å². The lowest BCUT2D eigenvalue weighted by molar-refractivity contribution is -0.127. The van der Waals surface area contributed by atoms with Gasteiger partial charge in [-0.15, -0.1) is 0 Å². The Bertz CT molecular complexity index is 1080. The third-order valence-electron chi connectivity index (χ3n) is 4.46. The number of ether oxygens (including phenoxy) is 1. The fourth-order valence-corrected chi connectivity index (χ4v) is 4.28. The van der Waals surface area contributed by atoms with Gasteiger partial charge in [0.2, 0.25) is 5.91 Å². The van der Waals surface area contributed by atoms with Gasteiger partial charge in [0.05, 0.1) is 15.5 Å². The van der Waals surface area contributed by atoms with Gasteiger partial charge in [-0.25, -0.2) is 0 Å². The highest BCUT2D eigenvalue weighted by atomic mass is 79.9. The van der Waals surface area contributed by atoms with E-state index in [2.05, 4.69) is 21.2 Å². The first kappa shape index (κ1) is 23.1. The SMILES string of the molecule is Cc1ccc(C)c(NC(=O)CN2C(=O)S/C(=C\c3ccc(OC(C)C)c(Br)c3)C2=O)c1. The highest BCUT2D eigenvalue weighted by Gasteiger charge is 2.36. The highest BCUT2D eigenvalue weighted by molar-refractivity contribution is 9.10. The van der Waals surface area contributed by atoms with Gasteiger partial charge in [-0.2, -0.15) is 0 Å². The monoisotopic (exact) mass is 502 g/mol. The molecule has 1 N–H and O–H groups in total. The maximum atomic E-state index is 12.7. The maximum absolute atomic E-state index is 12.7. The first-order valence-electron chi connectivity index (χ1n) is 9.72. The Morgan fingerprint density at radius 1 is 1.19 bits per heavy atom. The largest absolute Gasteiger partial charge is 0.490 e. The Morgan fingerprint density at radius 2 is 1.94 bits per heavy atom.